The molecule has 1 aromatic carbocycles. The van der Waals surface area contributed by atoms with Crippen molar-refractivity contribution in [2.24, 2.45) is 4.99 Å². The second-order valence-electron chi connectivity index (χ2n) is 4.85. The molecule has 2 N–H and O–H groups in total. The number of halogens is 3. The van der Waals surface area contributed by atoms with Gasteiger partial charge in [0.25, 0.3) is 0 Å². The van der Waals surface area contributed by atoms with Crippen LogP contribution in [0, 0.1) is 0 Å². The average Bonchev–Trinajstić information content (AvgIpc) is 2.45. The summed E-state index contributed by atoms with van der Waals surface area (Å²) in [6.45, 7) is 4.99. The Kier molecular flexibility index (Phi) is 7.67. The van der Waals surface area contributed by atoms with Crippen molar-refractivity contribution < 1.29 is 22.6 Å². The van der Waals surface area contributed by atoms with Gasteiger partial charge in [0.1, 0.15) is 5.75 Å². The van der Waals surface area contributed by atoms with Crippen LogP contribution < -0.4 is 15.4 Å². The summed E-state index contributed by atoms with van der Waals surface area (Å²) < 4.78 is 46.2. The maximum atomic E-state index is 12.4. The molecule has 0 bridgehead atoms. The highest BCUT2D eigenvalue weighted by atomic mass is 19.4. The number of guanidine groups is 1. The van der Waals surface area contributed by atoms with Crippen LogP contribution in [-0.2, 0) is 11.3 Å². The molecular formula is C15H22F3N3O2. The zero-order valence-electron chi connectivity index (χ0n) is 13.4. The first-order chi connectivity index (χ1) is 10.9. The van der Waals surface area contributed by atoms with Crippen molar-refractivity contribution in [3.63, 3.8) is 0 Å². The minimum absolute atomic E-state index is 0.0134. The Hall–Kier alpha value is -1.96. The second kappa shape index (κ2) is 9.24. The van der Waals surface area contributed by atoms with E-state index in [1.54, 1.807) is 19.2 Å². The maximum Gasteiger partial charge on any atom is 0.573 e. The van der Waals surface area contributed by atoms with E-state index < -0.39 is 6.36 Å². The van der Waals surface area contributed by atoms with E-state index in [0.29, 0.717) is 24.7 Å². The van der Waals surface area contributed by atoms with Crippen molar-refractivity contribution in [1.82, 2.24) is 10.6 Å². The van der Waals surface area contributed by atoms with Crippen LogP contribution >= 0.6 is 0 Å². The third kappa shape index (κ3) is 7.73. The Morgan fingerprint density at radius 1 is 1.30 bits per heavy atom. The van der Waals surface area contributed by atoms with Gasteiger partial charge in [-0.05, 0) is 19.9 Å². The fourth-order valence-corrected chi connectivity index (χ4v) is 1.87. The lowest BCUT2D eigenvalue weighted by Crippen LogP contribution is -2.43. The lowest BCUT2D eigenvalue weighted by atomic mass is 10.2. The summed E-state index contributed by atoms with van der Waals surface area (Å²) in [7, 11) is 1.59. The summed E-state index contributed by atoms with van der Waals surface area (Å²) in [6.07, 6.45) is -4.73. The van der Waals surface area contributed by atoms with Crippen molar-refractivity contribution in [2.45, 2.75) is 32.8 Å². The van der Waals surface area contributed by atoms with Gasteiger partial charge < -0.3 is 20.1 Å². The van der Waals surface area contributed by atoms with E-state index in [0.717, 1.165) is 0 Å². The van der Waals surface area contributed by atoms with Crippen LogP contribution in [0.15, 0.2) is 29.3 Å². The largest absolute Gasteiger partial charge is 0.573 e. The molecule has 0 spiro atoms. The number of benzene rings is 1. The highest BCUT2D eigenvalue weighted by molar-refractivity contribution is 5.80. The van der Waals surface area contributed by atoms with Gasteiger partial charge in [-0.15, -0.1) is 13.2 Å². The van der Waals surface area contributed by atoms with Crippen LogP contribution in [0.3, 0.4) is 0 Å². The minimum Gasteiger partial charge on any atom is -0.405 e. The summed E-state index contributed by atoms with van der Waals surface area (Å²) in [4.78, 5) is 4.29. The molecule has 0 aliphatic heterocycles. The first-order valence-electron chi connectivity index (χ1n) is 7.23. The lowest BCUT2D eigenvalue weighted by molar-refractivity contribution is -0.274. The van der Waals surface area contributed by atoms with Gasteiger partial charge >= 0.3 is 6.36 Å². The van der Waals surface area contributed by atoms with Gasteiger partial charge in [0.2, 0.25) is 0 Å². The van der Waals surface area contributed by atoms with Crippen LogP contribution in [0.25, 0.3) is 0 Å². The number of rotatable bonds is 7. The van der Waals surface area contributed by atoms with E-state index in [9.17, 15) is 13.2 Å². The van der Waals surface area contributed by atoms with Crippen LogP contribution in [-0.4, -0.2) is 38.6 Å². The third-order valence-corrected chi connectivity index (χ3v) is 2.75. The van der Waals surface area contributed by atoms with Crippen molar-refractivity contribution >= 4 is 5.96 Å². The lowest BCUT2D eigenvalue weighted by Gasteiger charge is -2.17. The molecule has 130 valence electrons. The Bertz CT molecular complexity index is 507. The van der Waals surface area contributed by atoms with E-state index in [2.05, 4.69) is 20.4 Å². The highest BCUT2D eigenvalue weighted by Gasteiger charge is 2.31. The molecule has 0 aliphatic carbocycles. The number of hydrogen-bond donors (Lipinski definition) is 2. The number of alkyl halides is 3. The molecular weight excluding hydrogens is 311 g/mol. The second-order valence-corrected chi connectivity index (χ2v) is 4.85. The average molecular weight is 333 g/mol. The van der Waals surface area contributed by atoms with E-state index in [1.165, 1.54) is 12.1 Å². The van der Waals surface area contributed by atoms with Crippen LogP contribution in [0.1, 0.15) is 19.4 Å². The Morgan fingerprint density at radius 2 is 2.00 bits per heavy atom. The molecule has 1 unspecified atom stereocenters. The first-order valence-corrected chi connectivity index (χ1v) is 7.23. The number of nitrogens with zero attached hydrogens (tertiary/aromatic N) is 1. The zero-order chi connectivity index (χ0) is 17.3. The Balaban J connectivity index is 2.82. The summed E-state index contributed by atoms with van der Waals surface area (Å²) in [5, 5.41) is 6.14. The van der Waals surface area contributed by atoms with E-state index in [1.807, 2.05) is 13.8 Å². The molecule has 23 heavy (non-hydrogen) atoms. The fourth-order valence-electron chi connectivity index (χ4n) is 1.87. The Morgan fingerprint density at radius 3 is 2.61 bits per heavy atom. The van der Waals surface area contributed by atoms with Gasteiger partial charge in [0.15, 0.2) is 5.96 Å². The molecule has 1 aromatic rings. The van der Waals surface area contributed by atoms with Crippen molar-refractivity contribution in [2.75, 3.05) is 20.3 Å². The smallest absolute Gasteiger partial charge is 0.405 e. The van der Waals surface area contributed by atoms with E-state index >= 15 is 0 Å². The minimum atomic E-state index is -4.73. The number of methoxy groups -OCH3 is 1. The monoisotopic (exact) mass is 333 g/mol. The molecule has 0 radical (unpaired) electrons. The summed E-state index contributed by atoms with van der Waals surface area (Å²) in [5.41, 5.74) is 0.349. The van der Waals surface area contributed by atoms with Crippen molar-refractivity contribution in [3.05, 3.63) is 29.8 Å². The molecule has 0 heterocycles. The molecule has 5 nitrogen and oxygen atoms in total. The Labute approximate surface area is 133 Å². The van der Waals surface area contributed by atoms with Crippen LogP contribution in [0.2, 0.25) is 0 Å². The van der Waals surface area contributed by atoms with Gasteiger partial charge in [-0.1, -0.05) is 18.2 Å². The molecule has 0 saturated carbocycles. The molecule has 0 saturated heterocycles. The molecule has 0 fully saturated rings. The van der Waals surface area contributed by atoms with Gasteiger partial charge in [0, 0.05) is 25.3 Å². The maximum absolute atomic E-state index is 12.4. The van der Waals surface area contributed by atoms with Crippen molar-refractivity contribution in [1.29, 1.82) is 0 Å². The number of para-hydroxylation sites is 1. The normalized spacial score (nSPS) is 13.6. The molecule has 8 heteroatoms. The SMILES string of the molecule is CCNC(=NCc1ccccc1OC(F)(F)F)NC(C)COC. The predicted molar refractivity (Wildman–Crippen MR) is 82.4 cm³/mol. The van der Waals surface area contributed by atoms with E-state index in [-0.39, 0.29) is 18.3 Å². The van der Waals surface area contributed by atoms with Gasteiger partial charge in [0.05, 0.1) is 13.2 Å². The number of aliphatic imine (C=N–C) groups is 1. The van der Waals surface area contributed by atoms with Crippen molar-refractivity contribution in [3.8, 4) is 5.75 Å². The highest BCUT2D eigenvalue weighted by Crippen LogP contribution is 2.26. The number of ether oxygens (including phenoxy) is 2. The molecule has 1 rings (SSSR count). The quantitative estimate of drug-likeness (QED) is 0.595. The topological polar surface area (TPSA) is 54.9 Å². The number of hydrogen-bond acceptors (Lipinski definition) is 3. The van der Waals surface area contributed by atoms with Crippen LogP contribution in [0.5, 0.6) is 5.75 Å². The molecule has 0 aliphatic rings. The summed E-state index contributed by atoms with van der Waals surface area (Å²) in [6, 6.07) is 5.96. The summed E-state index contributed by atoms with van der Waals surface area (Å²) >= 11 is 0. The first kappa shape index (κ1) is 19.1. The predicted octanol–water partition coefficient (Wildman–Crippen LogP) is 2.68. The summed E-state index contributed by atoms with van der Waals surface area (Å²) in [5.74, 6) is 0.253. The van der Waals surface area contributed by atoms with Gasteiger partial charge in [-0.2, -0.15) is 0 Å². The molecule has 0 aromatic heterocycles. The third-order valence-electron chi connectivity index (χ3n) is 2.75. The standard InChI is InChI=1S/C15H22F3N3O2/c1-4-19-14(21-11(2)10-22-3)20-9-12-7-5-6-8-13(12)23-15(16,17)18/h5-8,11H,4,9-10H2,1-3H3,(H2,19,20,21). The van der Waals surface area contributed by atoms with Crippen LogP contribution in [0.4, 0.5) is 13.2 Å². The molecule has 0 amide bonds. The molecule has 1 atom stereocenters. The zero-order valence-corrected chi connectivity index (χ0v) is 13.4. The number of nitrogens with one attached hydrogen (secondary N) is 2. The van der Waals surface area contributed by atoms with Gasteiger partial charge in [-0.3, -0.25) is 0 Å². The fraction of sp³-hybridized carbons (Fsp3) is 0.533. The van der Waals surface area contributed by atoms with Gasteiger partial charge in [-0.25, -0.2) is 4.99 Å². The van der Waals surface area contributed by atoms with E-state index in [4.69, 9.17) is 4.74 Å².